The van der Waals surface area contributed by atoms with Crippen molar-refractivity contribution in [2.24, 2.45) is 0 Å². The number of halogens is 1. The summed E-state index contributed by atoms with van der Waals surface area (Å²) < 4.78 is 5.54. The van der Waals surface area contributed by atoms with E-state index in [1.807, 2.05) is 19.1 Å². The summed E-state index contributed by atoms with van der Waals surface area (Å²) in [5.41, 5.74) is 2.30. The Morgan fingerprint density at radius 3 is 3.09 bits per heavy atom. The van der Waals surface area contributed by atoms with Gasteiger partial charge in [0.1, 0.15) is 11.3 Å². The van der Waals surface area contributed by atoms with E-state index in [1.165, 1.54) is 0 Å². The molecular formula is C15H13ClN4O2. The Hall–Kier alpha value is -2.34. The van der Waals surface area contributed by atoms with Crippen LogP contribution in [-0.2, 0) is 13.0 Å². The molecule has 0 saturated heterocycles. The fraction of sp³-hybridized carbons (Fsp3) is 0.267. The van der Waals surface area contributed by atoms with Gasteiger partial charge in [-0.25, -0.2) is 9.97 Å². The van der Waals surface area contributed by atoms with Crippen LogP contribution in [0.15, 0.2) is 22.6 Å². The van der Waals surface area contributed by atoms with Crippen molar-refractivity contribution in [1.29, 1.82) is 0 Å². The fourth-order valence-electron chi connectivity index (χ4n) is 2.75. The van der Waals surface area contributed by atoms with Crippen LogP contribution in [0.4, 0.5) is 0 Å². The number of hydrogen-bond acceptors (Lipinski definition) is 4. The molecule has 3 heterocycles. The molecule has 0 spiro atoms. The lowest BCUT2D eigenvalue weighted by Gasteiger charge is -2.24. The van der Waals surface area contributed by atoms with E-state index < -0.39 is 0 Å². The highest BCUT2D eigenvalue weighted by atomic mass is 35.5. The summed E-state index contributed by atoms with van der Waals surface area (Å²) in [6, 6.07) is 5.42. The van der Waals surface area contributed by atoms with Gasteiger partial charge in [0, 0.05) is 19.9 Å². The number of carbonyl (C=O) groups excluding carboxylic acids is 1. The van der Waals surface area contributed by atoms with Crippen LogP contribution in [0, 0.1) is 6.92 Å². The number of amides is 1. The Morgan fingerprint density at radius 2 is 2.27 bits per heavy atom. The molecule has 0 saturated carbocycles. The highest BCUT2D eigenvalue weighted by molar-refractivity contribution is 6.35. The molecule has 0 aliphatic carbocycles. The first-order valence-corrected chi connectivity index (χ1v) is 7.38. The van der Waals surface area contributed by atoms with Gasteiger partial charge in [-0.15, -0.1) is 0 Å². The van der Waals surface area contributed by atoms with Gasteiger partial charge < -0.3 is 14.3 Å². The van der Waals surface area contributed by atoms with E-state index in [0.717, 1.165) is 17.0 Å². The topological polar surface area (TPSA) is 75.0 Å². The number of oxazole rings is 1. The van der Waals surface area contributed by atoms with Crippen molar-refractivity contribution in [3.8, 4) is 0 Å². The fourth-order valence-corrected chi connectivity index (χ4v) is 2.96. The number of carbonyl (C=O) groups is 1. The zero-order valence-electron chi connectivity index (χ0n) is 11.9. The average Bonchev–Trinajstić information content (AvgIpc) is 3.08. The molecule has 22 heavy (non-hydrogen) atoms. The zero-order valence-corrected chi connectivity index (χ0v) is 12.6. The Morgan fingerprint density at radius 1 is 1.41 bits per heavy atom. The average molecular weight is 317 g/mol. The molecule has 3 aromatic rings. The predicted octanol–water partition coefficient (Wildman–Crippen LogP) is 2.71. The molecule has 7 heteroatoms. The largest absolute Gasteiger partial charge is 0.444 e. The summed E-state index contributed by atoms with van der Waals surface area (Å²) in [5.74, 6) is 1.52. The number of hydrogen-bond donors (Lipinski definition) is 1. The van der Waals surface area contributed by atoms with Gasteiger partial charge in [0.15, 0.2) is 11.7 Å². The molecule has 0 atom stereocenters. The third-order valence-corrected chi connectivity index (χ3v) is 4.10. The molecule has 4 rings (SSSR count). The molecule has 1 aliphatic rings. The third kappa shape index (κ3) is 2.07. The Bertz CT molecular complexity index is 883. The molecular weight excluding hydrogens is 304 g/mol. The van der Waals surface area contributed by atoms with Gasteiger partial charge in [0.25, 0.3) is 5.91 Å². The lowest BCUT2D eigenvalue weighted by atomic mass is 10.1. The monoisotopic (exact) mass is 316 g/mol. The minimum Gasteiger partial charge on any atom is -0.444 e. The first-order chi connectivity index (χ1) is 10.6. The molecule has 1 aliphatic heterocycles. The number of fused-ring (bicyclic) bond motifs is 2. The second-order valence-corrected chi connectivity index (χ2v) is 5.71. The van der Waals surface area contributed by atoms with Crippen molar-refractivity contribution in [1.82, 2.24) is 19.9 Å². The number of nitrogens with one attached hydrogen (secondary N) is 1. The number of aromatic nitrogens is 3. The van der Waals surface area contributed by atoms with Gasteiger partial charge in [-0.1, -0.05) is 17.7 Å². The number of para-hydroxylation sites is 1. The van der Waals surface area contributed by atoms with Crippen LogP contribution in [-0.4, -0.2) is 32.3 Å². The van der Waals surface area contributed by atoms with Gasteiger partial charge >= 0.3 is 0 Å². The summed E-state index contributed by atoms with van der Waals surface area (Å²) in [6.07, 6.45) is 0.694. The van der Waals surface area contributed by atoms with Crippen LogP contribution in [0.1, 0.15) is 28.0 Å². The van der Waals surface area contributed by atoms with E-state index in [-0.39, 0.29) is 5.91 Å². The summed E-state index contributed by atoms with van der Waals surface area (Å²) in [7, 11) is 0. The minimum absolute atomic E-state index is 0.160. The van der Waals surface area contributed by atoms with E-state index in [1.54, 1.807) is 11.0 Å². The third-order valence-electron chi connectivity index (χ3n) is 3.79. The number of benzene rings is 1. The van der Waals surface area contributed by atoms with Crippen LogP contribution in [0.2, 0.25) is 5.02 Å². The Labute approximate surface area is 131 Å². The van der Waals surface area contributed by atoms with Crippen molar-refractivity contribution in [2.45, 2.75) is 19.9 Å². The first kappa shape index (κ1) is 13.3. The molecule has 0 unspecified atom stereocenters. The number of aromatic amines is 1. The van der Waals surface area contributed by atoms with Crippen LogP contribution >= 0.6 is 11.6 Å². The van der Waals surface area contributed by atoms with Crippen molar-refractivity contribution >= 4 is 28.5 Å². The van der Waals surface area contributed by atoms with Crippen LogP contribution in [0.25, 0.3) is 11.0 Å². The van der Waals surface area contributed by atoms with Crippen molar-refractivity contribution < 1.29 is 9.21 Å². The normalized spacial score (nSPS) is 14.4. The number of rotatable bonds is 1. The van der Waals surface area contributed by atoms with Gasteiger partial charge in [0.2, 0.25) is 0 Å². The Balaban J connectivity index is 1.65. The van der Waals surface area contributed by atoms with Crippen molar-refractivity contribution in [3.63, 3.8) is 0 Å². The van der Waals surface area contributed by atoms with Gasteiger partial charge in [-0.3, -0.25) is 4.79 Å². The molecule has 0 radical (unpaired) electrons. The lowest BCUT2D eigenvalue weighted by molar-refractivity contribution is 0.0708. The smallest absolute Gasteiger partial charge is 0.290 e. The standard InChI is InChI=1S/C15H13ClN4O2/c1-8-17-10-5-6-20(7-12(10)22-8)15(21)14-18-11-4-2-3-9(16)13(11)19-14/h2-4H,5-7H2,1H3,(H,18,19). The van der Waals surface area contributed by atoms with Gasteiger partial charge in [-0.2, -0.15) is 0 Å². The summed E-state index contributed by atoms with van der Waals surface area (Å²) in [5, 5.41) is 0.527. The molecule has 1 aromatic carbocycles. The first-order valence-electron chi connectivity index (χ1n) is 7.00. The molecule has 1 amide bonds. The van der Waals surface area contributed by atoms with Crippen LogP contribution < -0.4 is 0 Å². The highest BCUT2D eigenvalue weighted by Gasteiger charge is 2.27. The maximum atomic E-state index is 12.6. The van der Waals surface area contributed by atoms with Crippen molar-refractivity contribution in [2.75, 3.05) is 6.54 Å². The van der Waals surface area contributed by atoms with E-state index in [0.29, 0.717) is 41.8 Å². The number of aryl methyl sites for hydroxylation is 1. The molecule has 6 nitrogen and oxygen atoms in total. The Kier molecular flexibility index (Phi) is 2.94. The number of imidazole rings is 1. The van der Waals surface area contributed by atoms with E-state index >= 15 is 0 Å². The molecule has 2 aromatic heterocycles. The summed E-state index contributed by atoms with van der Waals surface area (Å²) in [4.78, 5) is 26.0. The summed E-state index contributed by atoms with van der Waals surface area (Å²) in [6.45, 7) is 2.83. The SMILES string of the molecule is Cc1nc2c(o1)CN(C(=O)c1nc3c(Cl)cccc3[nH]1)CC2. The van der Waals surface area contributed by atoms with E-state index in [9.17, 15) is 4.79 Å². The lowest BCUT2D eigenvalue weighted by Crippen LogP contribution is -2.36. The minimum atomic E-state index is -0.160. The second kappa shape index (κ2) is 4.84. The second-order valence-electron chi connectivity index (χ2n) is 5.30. The maximum absolute atomic E-state index is 12.6. The molecule has 1 N–H and O–H groups in total. The summed E-state index contributed by atoms with van der Waals surface area (Å²) >= 11 is 6.10. The predicted molar refractivity (Wildman–Crippen MR) is 80.8 cm³/mol. The van der Waals surface area contributed by atoms with Gasteiger partial charge in [-0.05, 0) is 12.1 Å². The van der Waals surface area contributed by atoms with Crippen LogP contribution in [0.3, 0.4) is 0 Å². The van der Waals surface area contributed by atoms with Crippen LogP contribution in [0.5, 0.6) is 0 Å². The number of nitrogens with zero attached hydrogens (tertiary/aromatic N) is 3. The highest BCUT2D eigenvalue weighted by Crippen LogP contribution is 2.24. The molecule has 0 fully saturated rings. The van der Waals surface area contributed by atoms with E-state index in [2.05, 4.69) is 15.0 Å². The zero-order chi connectivity index (χ0) is 15.3. The molecule has 0 bridgehead atoms. The quantitative estimate of drug-likeness (QED) is 0.749. The molecule has 112 valence electrons. The van der Waals surface area contributed by atoms with Gasteiger partial charge in [0.05, 0.1) is 22.8 Å². The number of H-pyrrole nitrogens is 1. The van der Waals surface area contributed by atoms with Crippen molar-refractivity contribution in [3.05, 3.63) is 46.4 Å². The van der Waals surface area contributed by atoms with E-state index in [4.69, 9.17) is 16.0 Å². The maximum Gasteiger partial charge on any atom is 0.290 e.